The van der Waals surface area contributed by atoms with Gasteiger partial charge in [0.25, 0.3) is 11.6 Å². The third-order valence-corrected chi connectivity index (χ3v) is 4.72. The van der Waals surface area contributed by atoms with Crippen LogP contribution in [-0.4, -0.2) is 28.9 Å². The number of benzene rings is 3. The first-order valence-corrected chi connectivity index (χ1v) is 10.2. The summed E-state index contributed by atoms with van der Waals surface area (Å²) in [5, 5.41) is 19.5. The number of nitrogens with zero attached hydrogens (tertiary/aromatic N) is 2. The van der Waals surface area contributed by atoms with Crippen LogP contribution in [0.3, 0.4) is 0 Å². The lowest BCUT2D eigenvalue weighted by molar-refractivity contribution is -0.384. The molecule has 33 heavy (non-hydrogen) atoms. The van der Waals surface area contributed by atoms with Crippen molar-refractivity contribution in [1.82, 2.24) is 5.43 Å². The molecule has 10 nitrogen and oxygen atoms in total. The third-order valence-electron chi connectivity index (χ3n) is 4.19. The van der Waals surface area contributed by atoms with Gasteiger partial charge in [0.05, 0.1) is 22.4 Å². The maximum absolute atomic E-state index is 12.6. The summed E-state index contributed by atoms with van der Waals surface area (Å²) >= 11 is 3.31. The van der Waals surface area contributed by atoms with Crippen molar-refractivity contribution < 1.29 is 19.3 Å². The number of nitrogens with one attached hydrogen (secondary N) is 3. The van der Waals surface area contributed by atoms with Crippen LogP contribution in [0.2, 0.25) is 0 Å². The molecule has 11 heteroatoms. The van der Waals surface area contributed by atoms with Crippen molar-refractivity contribution in [2.24, 2.45) is 5.10 Å². The lowest BCUT2D eigenvalue weighted by atomic mass is 10.1. The normalized spacial score (nSPS) is 10.5. The highest BCUT2D eigenvalue weighted by Crippen LogP contribution is 2.19. The van der Waals surface area contributed by atoms with Gasteiger partial charge in [-0.1, -0.05) is 40.2 Å². The van der Waals surface area contributed by atoms with Gasteiger partial charge >= 0.3 is 11.8 Å². The molecule has 0 radical (unpaired) electrons. The fraction of sp³-hybridized carbons (Fsp3) is 0. The molecule has 0 bridgehead atoms. The maximum Gasteiger partial charge on any atom is 0.329 e. The number of carbonyl (C=O) groups is 3. The zero-order valence-corrected chi connectivity index (χ0v) is 18.4. The number of amides is 3. The molecule has 0 saturated carbocycles. The number of nitro benzene ring substituents is 1. The van der Waals surface area contributed by atoms with Crippen LogP contribution in [0.25, 0.3) is 0 Å². The first-order chi connectivity index (χ1) is 15.8. The molecule has 166 valence electrons. The topological polar surface area (TPSA) is 143 Å². The van der Waals surface area contributed by atoms with E-state index in [1.165, 1.54) is 30.3 Å². The van der Waals surface area contributed by atoms with Crippen molar-refractivity contribution in [3.8, 4) is 0 Å². The highest BCUT2D eigenvalue weighted by atomic mass is 79.9. The summed E-state index contributed by atoms with van der Waals surface area (Å²) < 4.78 is 0.854. The van der Waals surface area contributed by atoms with E-state index in [4.69, 9.17) is 0 Å². The van der Waals surface area contributed by atoms with Crippen LogP contribution in [-0.2, 0) is 9.59 Å². The van der Waals surface area contributed by atoms with Gasteiger partial charge in [-0.05, 0) is 36.4 Å². The second kappa shape index (κ2) is 10.8. The number of hydrogen-bond donors (Lipinski definition) is 3. The number of hydrazone groups is 1. The number of nitro groups is 1. The van der Waals surface area contributed by atoms with Crippen LogP contribution < -0.4 is 16.1 Å². The van der Waals surface area contributed by atoms with E-state index >= 15 is 0 Å². The van der Waals surface area contributed by atoms with E-state index in [0.29, 0.717) is 11.3 Å². The highest BCUT2D eigenvalue weighted by Gasteiger charge is 2.18. The summed E-state index contributed by atoms with van der Waals surface area (Å²) in [6.07, 6.45) is 1.16. The predicted molar refractivity (Wildman–Crippen MR) is 126 cm³/mol. The Kier molecular flexibility index (Phi) is 7.60. The Labute approximate surface area is 196 Å². The van der Waals surface area contributed by atoms with Crippen LogP contribution in [0.15, 0.2) is 82.4 Å². The predicted octanol–water partition coefficient (Wildman–Crippen LogP) is 3.70. The monoisotopic (exact) mass is 509 g/mol. The van der Waals surface area contributed by atoms with Gasteiger partial charge in [0.2, 0.25) is 0 Å². The molecule has 0 atom stereocenters. The number of anilines is 2. The molecule has 0 aliphatic rings. The van der Waals surface area contributed by atoms with Crippen LogP contribution in [0.1, 0.15) is 15.9 Å². The number of halogens is 1. The first-order valence-electron chi connectivity index (χ1n) is 9.38. The van der Waals surface area contributed by atoms with E-state index in [1.807, 2.05) is 5.43 Å². The van der Waals surface area contributed by atoms with E-state index in [9.17, 15) is 24.5 Å². The number of carbonyl (C=O) groups excluding carboxylic acids is 3. The van der Waals surface area contributed by atoms with Crippen molar-refractivity contribution in [1.29, 1.82) is 0 Å². The molecule has 0 fully saturated rings. The quantitative estimate of drug-likeness (QED) is 0.201. The third kappa shape index (κ3) is 6.55. The SMILES string of the molecule is O=C(NN=Cc1cccc([N+](=O)[O-])c1)C(=O)Nc1ccccc1C(=O)Nc1ccc(Br)cc1. The van der Waals surface area contributed by atoms with Gasteiger partial charge in [-0.3, -0.25) is 24.5 Å². The molecular formula is C22H16BrN5O5. The van der Waals surface area contributed by atoms with Crippen molar-refractivity contribution in [3.63, 3.8) is 0 Å². The van der Waals surface area contributed by atoms with Crippen molar-refractivity contribution in [2.45, 2.75) is 0 Å². The Morgan fingerprint density at radius 2 is 1.64 bits per heavy atom. The number of para-hydroxylation sites is 1. The van der Waals surface area contributed by atoms with Crippen LogP contribution in [0.5, 0.6) is 0 Å². The lowest BCUT2D eigenvalue weighted by Gasteiger charge is -2.11. The Morgan fingerprint density at radius 1 is 0.909 bits per heavy atom. The molecule has 3 aromatic carbocycles. The summed E-state index contributed by atoms with van der Waals surface area (Å²) in [5.41, 5.74) is 3.10. The molecule has 0 aliphatic heterocycles. The molecule has 0 aromatic heterocycles. The second-order valence-electron chi connectivity index (χ2n) is 6.51. The minimum atomic E-state index is -1.08. The zero-order chi connectivity index (χ0) is 23.8. The van der Waals surface area contributed by atoms with Gasteiger partial charge in [0.1, 0.15) is 0 Å². The molecule has 0 aliphatic carbocycles. The van der Waals surface area contributed by atoms with Crippen molar-refractivity contribution in [3.05, 3.63) is 98.5 Å². The summed E-state index contributed by atoms with van der Waals surface area (Å²) in [6, 6.07) is 18.7. The number of hydrogen-bond acceptors (Lipinski definition) is 6. The zero-order valence-electron chi connectivity index (χ0n) is 16.8. The summed E-state index contributed by atoms with van der Waals surface area (Å²) in [4.78, 5) is 47.2. The fourth-order valence-electron chi connectivity index (χ4n) is 2.64. The fourth-order valence-corrected chi connectivity index (χ4v) is 2.90. The van der Waals surface area contributed by atoms with Gasteiger partial charge in [0.15, 0.2) is 0 Å². The van der Waals surface area contributed by atoms with E-state index in [0.717, 1.165) is 10.7 Å². The maximum atomic E-state index is 12.6. The van der Waals surface area contributed by atoms with Gasteiger partial charge in [-0.15, -0.1) is 0 Å². The Hall–Kier alpha value is -4.38. The summed E-state index contributed by atoms with van der Waals surface area (Å²) in [7, 11) is 0. The molecule has 3 amide bonds. The molecular weight excluding hydrogens is 494 g/mol. The molecule has 3 N–H and O–H groups in total. The van der Waals surface area contributed by atoms with Crippen molar-refractivity contribution in [2.75, 3.05) is 10.6 Å². The van der Waals surface area contributed by atoms with E-state index < -0.39 is 22.6 Å². The Morgan fingerprint density at radius 3 is 2.36 bits per heavy atom. The smallest absolute Gasteiger partial charge is 0.322 e. The number of non-ortho nitro benzene ring substituents is 1. The van der Waals surface area contributed by atoms with Crippen molar-refractivity contribution >= 4 is 56.9 Å². The van der Waals surface area contributed by atoms with Crippen LogP contribution in [0.4, 0.5) is 17.1 Å². The average molecular weight is 510 g/mol. The first kappa shape index (κ1) is 23.3. The Balaban J connectivity index is 1.63. The molecule has 0 unspecified atom stereocenters. The second-order valence-corrected chi connectivity index (χ2v) is 7.43. The molecule has 3 aromatic rings. The average Bonchev–Trinajstić information content (AvgIpc) is 2.81. The van der Waals surface area contributed by atoms with Gasteiger partial charge < -0.3 is 10.6 Å². The van der Waals surface area contributed by atoms with Gasteiger partial charge in [0, 0.05) is 27.9 Å². The minimum Gasteiger partial charge on any atom is -0.322 e. The van der Waals surface area contributed by atoms with Gasteiger partial charge in [-0.25, -0.2) is 5.43 Å². The minimum absolute atomic E-state index is 0.134. The molecule has 0 heterocycles. The largest absolute Gasteiger partial charge is 0.329 e. The standard InChI is InChI=1S/C22H16BrN5O5/c23-15-8-10-16(11-9-15)25-20(29)18-6-1-2-7-19(18)26-21(30)22(31)27-24-13-14-4-3-5-17(12-14)28(32)33/h1-13H,(H,25,29)(H,26,30)(H,27,31). The van der Waals surface area contributed by atoms with E-state index in [2.05, 4.69) is 31.7 Å². The van der Waals surface area contributed by atoms with E-state index in [-0.39, 0.29) is 16.9 Å². The van der Waals surface area contributed by atoms with Crippen LogP contribution in [0, 0.1) is 10.1 Å². The molecule has 0 saturated heterocycles. The van der Waals surface area contributed by atoms with Gasteiger partial charge in [-0.2, -0.15) is 5.10 Å². The molecule has 3 rings (SSSR count). The van der Waals surface area contributed by atoms with E-state index in [1.54, 1.807) is 42.5 Å². The Bertz CT molecular complexity index is 1240. The summed E-state index contributed by atoms with van der Waals surface area (Å²) in [6.45, 7) is 0. The highest BCUT2D eigenvalue weighted by molar-refractivity contribution is 9.10. The molecule has 0 spiro atoms. The number of rotatable bonds is 6. The lowest BCUT2D eigenvalue weighted by Crippen LogP contribution is -2.33. The van der Waals surface area contributed by atoms with Crippen LogP contribution >= 0.6 is 15.9 Å². The summed E-state index contributed by atoms with van der Waals surface area (Å²) in [5.74, 6) is -2.60.